The summed E-state index contributed by atoms with van der Waals surface area (Å²) in [5.41, 5.74) is 0.944. The fourth-order valence-corrected chi connectivity index (χ4v) is 2.24. The fourth-order valence-electron chi connectivity index (χ4n) is 1.97. The first-order valence-corrected chi connectivity index (χ1v) is 8.04. The Labute approximate surface area is 144 Å². The standard InChI is InChI=1S/C18H19BrFNO2/c1-18(2,3)23-17(22)21(16-10-6-14(19)7-11-16)12-13-4-8-15(20)9-5-13/h4-11H,12H2,1-3H3. The Hall–Kier alpha value is -1.88. The van der Waals surface area contributed by atoms with E-state index in [2.05, 4.69) is 15.9 Å². The average Bonchev–Trinajstić information content (AvgIpc) is 2.46. The van der Waals surface area contributed by atoms with Crippen LogP contribution in [0.4, 0.5) is 14.9 Å². The summed E-state index contributed by atoms with van der Waals surface area (Å²) in [4.78, 5) is 14.1. The van der Waals surface area contributed by atoms with Gasteiger partial charge >= 0.3 is 6.09 Å². The Kier molecular flexibility index (Phi) is 5.42. The molecule has 0 radical (unpaired) electrons. The Balaban J connectivity index is 2.28. The van der Waals surface area contributed by atoms with Gasteiger partial charge in [0.2, 0.25) is 0 Å². The molecule has 23 heavy (non-hydrogen) atoms. The number of rotatable bonds is 3. The molecule has 0 aliphatic carbocycles. The smallest absolute Gasteiger partial charge is 0.415 e. The van der Waals surface area contributed by atoms with Crippen molar-refractivity contribution < 1.29 is 13.9 Å². The minimum atomic E-state index is -0.590. The second-order valence-electron chi connectivity index (χ2n) is 6.17. The molecule has 3 nitrogen and oxygen atoms in total. The number of halogens is 2. The number of hydrogen-bond acceptors (Lipinski definition) is 2. The van der Waals surface area contributed by atoms with Gasteiger partial charge in [0.05, 0.1) is 6.54 Å². The lowest BCUT2D eigenvalue weighted by molar-refractivity contribution is 0.0577. The molecule has 1 amide bonds. The number of nitrogens with zero attached hydrogens (tertiary/aromatic N) is 1. The molecule has 2 aromatic carbocycles. The van der Waals surface area contributed by atoms with Crippen molar-refractivity contribution in [2.75, 3.05) is 4.90 Å². The van der Waals surface area contributed by atoms with E-state index in [1.165, 1.54) is 17.0 Å². The number of carbonyl (C=O) groups excluding carboxylic acids is 1. The molecule has 2 aromatic rings. The van der Waals surface area contributed by atoms with E-state index in [0.717, 1.165) is 10.0 Å². The summed E-state index contributed by atoms with van der Waals surface area (Å²) >= 11 is 3.38. The highest BCUT2D eigenvalue weighted by Crippen LogP contribution is 2.23. The molecule has 2 rings (SSSR count). The summed E-state index contributed by atoms with van der Waals surface area (Å²) in [5.74, 6) is -0.304. The largest absolute Gasteiger partial charge is 0.443 e. The molecule has 0 N–H and O–H groups in total. The first kappa shape index (κ1) is 17.5. The van der Waals surface area contributed by atoms with Crippen LogP contribution in [-0.2, 0) is 11.3 Å². The minimum Gasteiger partial charge on any atom is -0.443 e. The van der Waals surface area contributed by atoms with Gasteiger partial charge in [0.25, 0.3) is 0 Å². The van der Waals surface area contributed by atoms with E-state index in [0.29, 0.717) is 12.2 Å². The van der Waals surface area contributed by atoms with Gasteiger partial charge in [0.1, 0.15) is 11.4 Å². The molecule has 0 atom stereocenters. The Morgan fingerprint density at radius 1 is 1.09 bits per heavy atom. The van der Waals surface area contributed by atoms with E-state index >= 15 is 0 Å². The molecule has 5 heteroatoms. The zero-order chi connectivity index (χ0) is 17.0. The second-order valence-corrected chi connectivity index (χ2v) is 7.09. The van der Waals surface area contributed by atoms with Crippen LogP contribution in [0.25, 0.3) is 0 Å². The van der Waals surface area contributed by atoms with Crippen LogP contribution >= 0.6 is 15.9 Å². The second kappa shape index (κ2) is 7.13. The fraction of sp³-hybridized carbons (Fsp3) is 0.278. The normalized spacial score (nSPS) is 11.2. The molecule has 0 saturated carbocycles. The van der Waals surface area contributed by atoms with Gasteiger partial charge in [0.15, 0.2) is 0 Å². The molecule has 0 spiro atoms. The predicted octanol–water partition coefficient (Wildman–Crippen LogP) is 5.53. The summed E-state index contributed by atoms with van der Waals surface area (Å²) < 4.78 is 19.5. The third-order valence-electron chi connectivity index (χ3n) is 3.01. The van der Waals surface area contributed by atoms with Crippen LogP contribution in [0, 0.1) is 5.82 Å². The molecule has 0 unspecified atom stereocenters. The van der Waals surface area contributed by atoms with Gasteiger partial charge < -0.3 is 4.74 Å². The summed E-state index contributed by atoms with van der Waals surface area (Å²) in [6.45, 7) is 5.77. The van der Waals surface area contributed by atoms with Gasteiger partial charge in [-0.05, 0) is 62.7 Å². The lowest BCUT2D eigenvalue weighted by atomic mass is 10.2. The van der Waals surface area contributed by atoms with Gasteiger partial charge in [-0.3, -0.25) is 4.90 Å². The number of hydrogen-bond donors (Lipinski definition) is 0. The lowest BCUT2D eigenvalue weighted by Gasteiger charge is -2.27. The molecular formula is C18H19BrFNO2. The third-order valence-corrected chi connectivity index (χ3v) is 3.53. The molecular weight excluding hydrogens is 361 g/mol. The van der Waals surface area contributed by atoms with Gasteiger partial charge in [-0.1, -0.05) is 28.1 Å². The van der Waals surface area contributed by atoms with Gasteiger partial charge in [-0.25, -0.2) is 9.18 Å². The minimum absolute atomic E-state index is 0.302. The SMILES string of the molecule is CC(C)(C)OC(=O)N(Cc1ccc(F)cc1)c1ccc(Br)cc1. The van der Waals surface area contributed by atoms with E-state index in [9.17, 15) is 9.18 Å². The van der Waals surface area contributed by atoms with Gasteiger partial charge in [-0.15, -0.1) is 0 Å². The summed E-state index contributed by atoms with van der Waals surface area (Å²) in [5, 5.41) is 0. The van der Waals surface area contributed by atoms with Crippen LogP contribution in [0.3, 0.4) is 0 Å². The number of benzene rings is 2. The number of carbonyl (C=O) groups is 1. The van der Waals surface area contributed by atoms with Crippen molar-refractivity contribution in [2.24, 2.45) is 0 Å². The van der Waals surface area contributed by atoms with Crippen molar-refractivity contribution in [3.8, 4) is 0 Å². The van der Waals surface area contributed by atoms with Crippen LogP contribution in [0.2, 0.25) is 0 Å². The molecule has 0 saturated heterocycles. The molecule has 0 aliphatic heterocycles. The van der Waals surface area contributed by atoms with Gasteiger partial charge in [-0.2, -0.15) is 0 Å². The van der Waals surface area contributed by atoms with E-state index in [-0.39, 0.29) is 5.82 Å². The zero-order valence-corrected chi connectivity index (χ0v) is 14.9. The molecule has 0 fully saturated rings. The van der Waals surface area contributed by atoms with Gasteiger partial charge in [0, 0.05) is 10.2 Å². The van der Waals surface area contributed by atoms with Crippen molar-refractivity contribution in [1.82, 2.24) is 0 Å². The highest BCUT2D eigenvalue weighted by molar-refractivity contribution is 9.10. The van der Waals surface area contributed by atoms with E-state index in [1.54, 1.807) is 12.1 Å². The molecule has 0 heterocycles. The number of amides is 1. The third kappa shape index (κ3) is 5.36. The molecule has 122 valence electrons. The van der Waals surface area contributed by atoms with E-state index in [4.69, 9.17) is 4.74 Å². The van der Waals surface area contributed by atoms with Crippen molar-refractivity contribution in [2.45, 2.75) is 32.9 Å². The maximum Gasteiger partial charge on any atom is 0.415 e. The van der Waals surface area contributed by atoms with Crippen molar-refractivity contribution in [1.29, 1.82) is 0 Å². The number of ether oxygens (including phenoxy) is 1. The molecule has 0 bridgehead atoms. The van der Waals surface area contributed by atoms with Crippen molar-refractivity contribution in [3.63, 3.8) is 0 Å². The lowest BCUT2D eigenvalue weighted by Crippen LogP contribution is -2.36. The van der Waals surface area contributed by atoms with Crippen LogP contribution in [0.15, 0.2) is 53.0 Å². The molecule has 0 aliphatic rings. The first-order valence-electron chi connectivity index (χ1n) is 7.25. The Morgan fingerprint density at radius 2 is 1.65 bits per heavy atom. The highest BCUT2D eigenvalue weighted by atomic mass is 79.9. The van der Waals surface area contributed by atoms with E-state index in [1.807, 2.05) is 45.0 Å². The van der Waals surface area contributed by atoms with E-state index < -0.39 is 11.7 Å². The summed E-state index contributed by atoms with van der Waals surface area (Å²) in [7, 11) is 0. The Bertz CT molecular complexity index is 663. The number of anilines is 1. The zero-order valence-electron chi connectivity index (χ0n) is 13.3. The van der Waals surface area contributed by atoms with Crippen LogP contribution in [0.5, 0.6) is 0 Å². The highest BCUT2D eigenvalue weighted by Gasteiger charge is 2.23. The van der Waals surface area contributed by atoms with Crippen LogP contribution in [0.1, 0.15) is 26.3 Å². The van der Waals surface area contributed by atoms with Crippen molar-refractivity contribution >= 4 is 27.7 Å². The maximum atomic E-state index is 13.1. The summed E-state index contributed by atoms with van der Waals surface area (Å²) in [6.07, 6.45) is -0.441. The average molecular weight is 380 g/mol. The monoisotopic (exact) mass is 379 g/mol. The summed E-state index contributed by atoms with van der Waals surface area (Å²) in [6, 6.07) is 13.5. The predicted molar refractivity (Wildman–Crippen MR) is 93.0 cm³/mol. The quantitative estimate of drug-likeness (QED) is 0.701. The Morgan fingerprint density at radius 3 is 2.17 bits per heavy atom. The van der Waals surface area contributed by atoms with Crippen molar-refractivity contribution in [3.05, 3.63) is 64.4 Å². The topological polar surface area (TPSA) is 29.5 Å². The van der Waals surface area contributed by atoms with Crippen LogP contribution < -0.4 is 4.90 Å². The molecule has 0 aromatic heterocycles. The first-order chi connectivity index (χ1) is 10.7. The van der Waals surface area contributed by atoms with Crippen LogP contribution in [-0.4, -0.2) is 11.7 Å². The maximum absolute atomic E-state index is 13.1.